The first-order chi connectivity index (χ1) is 17.3. The quantitative estimate of drug-likeness (QED) is 0.231. The molecule has 0 amide bonds. The summed E-state index contributed by atoms with van der Waals surface area (Å²) in [4.78, 5) is 1.30. The maximum absolute atomic E-state index is 2.55. The van der Waals surface area contributed by atoms with Crippen molar-refractivity contribution in [1.82, 2.24) is 13.5 Å². The molecule has 0 saturated heterocycles. The minimum absolute atomic E-state index is 1.19. The number of hydrogen-bond donors (Lipinski definition) is 0. The zero-order valence-corrected chi connectivity index (χ0v) is 19.8. The summed E-state index contributed by atoms with van der Waals surface area (Å²) in [7, 11) is 2.20. The lowest BCUT2D eigenvalue weighted by atomic mass is 10.0. The number of nitrogens with zero attached hydrogens (tertiary/aromatic N) is 3. The van der Waals surface area contributed by atoms with Crippen LogP contribution in [0, 0.1) is 0 Å². The molecule has 0 N–H and O–H groups in total. The van der Waals surface area contributed by atoms with E-state index in [-0.39, 0.29) is 0 Å². The predicted molar refractivity (Wildman–Crippen MR) is 150 cm³/mol. The number of fused-ring (bicyclic) bond motifs is 8. The van der Waals surface area contributed by atoms with Gasteiger partial charge in [-0.3, -0.25) is 8.97 Å². The van der Waals surface area contributed by atoms with Crippen molar-refractivity contribution in [3.05, 3.63) is 96.4 Å². The molecule has 9 rings (SSSR count). The van der Waals surface area contributed by atoms with Crippen LogP contribution in [-0.2, 0) is 7.05 Å². The van der Waals surface area contributed by atoms with Crippen molar-refractivity contribution < 1.29 is 0 Å². The van der Waals surface area contributed by atoms with E-state index in [0.29, 0.717) is 0 Å². The van der Waals surface area contributed by atoms with Gasteiger partial charge in [0.05, 0.1) is 16.6 Å². The van der Waals surface area contributed by atoms with Gasteiger partial charge >= 0.3 is 0 Å². The molecule has 0 atom stereocenters. The summed E-state index contributed by atoms with van der Waals surface area (Å²) in [6, 6.07) is 33.3. The van der Waals surface area contributed by atoms with Gasteiger partial charge < -0.3 is 4.57 Å². The van der Waals surface area contributed by atoms with Crippen molar-refractivity contribution in [2.45, 2.75) is 0 Å². The van der Waals surface area contributed by atoms with Gasteiger partial charge in [0.1, 0.15) is 10.5 Å². The molecule has 0 fully saturated rings. The second-order valence-electron chi connectivity index (χ2n) is 9.48. The molecular formula is C31H19N3S. The summed E-state index contributed by atoms with van der Waals surface area (Å²) in [6.45, 7) is 0. The SMILES string of the molecule is Cn1c2cccc3c4ccsc4n4c5c(ccc1c5c32)c1c2ccccc2n(-c2ccccc2)c14. The van der Waals surface area contributed by atoms with Gasteiger partial charge in [0.25, 0.3) is 0 Å². The van der Waals surface area contributed by atoms with Crippen LogP contribution < -0.4 is 0 Å². The van der Waals surface area contributed by atoms with E-state index >= 15 is 0 Å². The highest BCUT2D eigenvalue weighted by Crippen LogP contribution is 2.47. The third-order valence-electron chi connectivity index (χ3n) is 7.88. The molecule has 3 nitrogen and oxygen atoms in total. The monoisotopic (exact) mass is 465 g/mol. The second kappa shape index (κ2) is 6.04. The Kier molecular flexibility index (Phi) is 3.12. The zero-order chi connectivity index (χ0) is 22.8. The van der Waals surface area contributed by atoms with E-state index in [0.717, 1.165) is 0 Å². The minimum atomic E-state index is 1.19. The summed E-state index contributed by atoms with van der Waals surface area (Å²) in [5.74, 6) is 0. The first kappa shape index (κ1) is 18.1. The highest BCUT2D eigenvalue weighted by atomic mass is 32.1. The van der Waals surface area contributed by atoms with Crippen molar-refractivity contribution in [2.24, 2.45) is 7.05 Å². The van der Waals surface area contributed by atoms with Crippen LogP contribution in [-0.4, -0.2) is 13.5 Å². The summed E-state index contributed by atoms with van der Waals surface area (Å²) < 4.78 is 7.37. The Morgan fingerprint density at radius 3 is 2.26 bits per heavy atom. The van der Waals surface area contributed by atoms with Gasteiger partial charge in [0.2, 0.25) is 0 Å². The van der Waals surface area contributed by atoms with Gasteiger partial charge in [-0.1, -0.05) is 48.5 Å². The Balaban J connectivity index is 1.74. The van der Waals surface area contributed by atoms with Crippen LogP contribution in [0.1, 0.15) is 0 Å². The lowest BCUT2D eigenvalue weighted by Crippen LogP contribution is -1.96. The molecule has 9 aromatic rings. The van der Waals surface area contributed by atoms with Gasteiger partial charge in [0.15, 0.2) is 0 Å². The number of benzene rings is 4. The highest BCUT2D eigenvalue weighted by molar-refractivity contribution is 7.17. The fraction of sp³-hybridized carbons (Fsp3) is 0.0323. The second-order valence-corrected chi connectivity index (χ2v) is 10.4. The van der Waals surface area contributed by atoms with Crippen LogP contribution in [0.5, 0.6) is 0 Å². The van der Waals surface area contributed by atoms with E-state index < -0.39 is 0 Å². The molecule has 4 aromatic carbocycles. The van der Waals surface area contributed by atoms with E-state index in [1.807, 2.05) is 11.3 Å². The molecule has 0 aliphatic rings. The Morgan fingerprint density at radius 2 is 1.34 bits per heavy atom. The van der Waals surface area contributed by atoms with Gasteiger partial charge in [-0.2, -0.15) is 0 Å². The van der Waals surface area contributed by atoms with E-state index in [9.17, 15) is 0 Å². The molecule has 0 bridgehead atoms. The molecule has 5 aromatic heterocycles. The molecule has 0 spiro atoms. The van der Waals surface area contributed by atoms with E-state index in [1.54, 1.807) is 0 Å². The molecule has 4 heteroatoms. The van der Waals surface area contributed by atoms with E-state index in [4.69, 9.17) is 0 Å². The van der Waals surface area contributed by atoms with Crippen LogP contribution >= 0.6 is 11.3 Å². The fourth-order valence-electron chi connectivity index (χ4n) is 6.50. The summed E-state index contributed by atoms with van der Waals surface area (Å²) in [5.41, 5.74) is 7.57. The molecule has 164 valence electrons. The molecule has 5 heterocycles. The number of para-hydroxylation sites is 2. The van der Waals surface area contributed by atoms with Gasteiger partial charge in [0, 0.05) is 50.6 Å². The average Bonchev–Trinajstić information content (AvgIpc) is 3.63. The lowest BCUT2D eigenvalue weighted by molar-refractivity contribution is 1.01. The molecule has 35 heavy (non-hydrogen) atoms. The maximum Gasteiger partial charge on any atom is 0.132 e. The van der Waals surface area contributed by atoms with Crippen molar-refractivity contribution in [3.8, 4) is 5.69 Å². The topological polar surface area (TPSA) is 14.3 Å². The summed E-state index contributed by atoms with van der Waals surface area (Å²) in [6.07, 6.45) is 0. The predicted octanol–water partition coefficient (Wildman–Crippen LogP) is 8.49. The maximum atomic E-state index is 2.55. The smallest absolute Gasteiger partial charge is 0.132 e. The Morgan fingerprint density at radius 1 is 0.571 bits per heavy atom. The van der Waals surface area contributed by atoms with Gasteiger partial charge in [-0.15, -0.1) is 11.3 Å². The lowest BCUT2D eigenvalue weighted by Gasteiger charge is -2.09. The van der Waals surface area contributed by atoms with Gasteiger partial charge in [-0.05, 0) is 53.2 Å². The van der Waals surface area contributed by atoms with Gasteiger partial charge in [-0.25, -0.2) is 0 Å². The van der Waals surface area contributed by atoms with Crippen LogP contribution in [0.15, 0.2) is 96.4 Å². The molecule has 0 saturated carbocycles. The zero-order valence-electron chi connectivity index (χ0n) is 19.0. The Bertz CT molecular complexity index is 2270. The van der Waals surface area contributed by atoms with E-state index in [1.165, 1.54) is 75.9 Å². The molecular weight excluding hydrogens is 446 g/mol. The molecule has 0 aliphatic heterocycles. The van der Waals surface area contributed by atoms with E-state index in [2.05, 4.69) is 117 Å². The number of aromatic nitrogens is 3. The standard InChI is InChI=1S/C31H19N3S/c1-32-24-13-7-11-19-20-16-17-35-31(20)34-29-22(14-15-25(32)28(29)27(19)24)26-21-10-5-6-12-23(21)33(30(26)34)18-8-3-2-4-9-18/h2-17H,1H3. The molecule has 0 radical (unpaired) electrons. The Hall–Kier alpha value is -4.28. The number of hydrogen-bond acceptors (Lipinski definition) is 1. The molecule has 0 aliphatic carbocycles. The van der Waals surface area contributed by atoms with Crippen LogP contribution in [0.25, 0.3) is 75.9 Å². The summed E-state index contributed by atoms with van der Waals surface area (Å²) >= 11 is 1.83. The van der Waals surface area contributed by atoms with Crippen LogP contribution in [0.3, 0.4) is 0 Å². The summed E-state index contributed by atoms with van der Waals surface area (Å²) in [5, 5.41) is 11.6. The fourth-order valence-corrected chi connectivity index (χ4v) is 7.42. The van der Waals surface area contributed by atoms with Crippen molar-refractivity contribution in [3.63, 3.8) is 0 Å². The third kappa shape index (κ3) is 1.97. The third-order valence-corrected chi connectivity index (χ3v) is 8.78. The first-order valence-electron chi connectivity index (χ1n) is 11.9. The number of thiophene rings is 1. The highest BCUT2D eigenvalue weighted by Gasteiger charge is 2.25. The van der Waals surface area contributed by atoms with Crippen molar-refractivity contribution in [2.75, 3.05) is 0 Å². The first-order valence-corrected chi connectivity index (χ1v) is 12.8. The number of aryl methyl sites for hydroxylation is 1. The van der Waals surface area contributed by atoms with Crippen molar-refractivity contribution >= 4 is 81.6 Å². The van der Waals surface area contributed by atoms with Crippen LogP contribution in [0.2, 0.25) is 0 Å². The van der Waals surface area contributed by atoms with Crippen molar-refractivity contribution in [1.29, 1.82) is 0 Å². The Labute approximate surface area is 204 Å². The number of rotatable bonds is 1. The largest absolute Gasteiger partial charge is 0.344 e. The molecule has 0 unspecified atom stereocenters. The van der Waals surface area contributed by atoms with Crippen LogP contribution in [0.4, 0.5) is 0 Å². The average molecular weight is 466 g/mol. The normalized spacial score (nSPS) is 12.7. The minimum Gasteiger partial charge on any atom is -0.344 e.